The van der Waals surface area contributed by atoms with Crippen molar-refractivity contribution < 1.29 is 19.1 Å². The fourth-order valence-electron chi connectivity index (χ4n) is 5.04. The molecule has 1 saturated heterocycles. The molecule has 2 fully saturated rings. The largest absolute Gasteiger partial charge is 0.493 e. The van der Waals surface area contributed by atoms with Crippen LogP contribution in [0.1, 0.15) is 62.6 Å². The van der Waals surface area contributed by atoms with Crippen molar-refractivity contribution in [3.8, 4) is 11.5 Å². The lowest BCUT2D eigenvalue weighted by molar-refractivity contribution is -0.159. The van der Waals surface area contributed by atoms with Gasteiger partial charge < -0.3 is 19.3 Å². The molecule has 2 aliphatic rings. The van der Waals surface area contributed by atoms with Gasteiger partial charge in [0.25, 0.3) is 5.91 Å². The van der Waals surface area contributed by atoms with Gasteiger partial charge in [-0.05, 0) is 43.0 Å². The minimum Gasteiger partial charge on any atom is -0.493 e. The van der Waals surface area contributed by atoms with E-state index in [4.69, 9.17) is 9.47 Å². The van der Waals surface area contributed by atoms with E-state index in [1.807, 2.05) is 60.4 Å². The Morgan fingerprint density at radius 2 is 1.67 bits per heavy atom. The summed E-state index contributed by atoms with van der Waals surface area (Å²) in [6, 6.07) is 14.9. The predicted octanol–water partition coefficient (Wildman–Crippen LogP) is 4.73. The van der Waals surface area contributed by atoms with E-state index in [0.717, 1.165) is 36.8 Å². The lowest BCUT2D eigenvalue weighted by atomic mass is 9.96. The van der Waals surface area contributed by atoms with Crippen molar-refractivity contribution in [3.05, 3.63) is 59.7 Å². The summed E-state index contributed by atoms with van der Waals surface area (Å²) in [7, 11) is 1.59. The van der Waals surface area contributed by atoms with Crippen LogP contribution in [-0.2, 0) is 16.1 Å². The summed E-state index contributed by atoms with van der Waals surface area (Å²) >= 11 is 0. The minimum absolute atomic E-state index is 0.00337. The highest BCUT2D eigenvalue weighted by Gasteiger charge is 2.43. The number of hydrogen-bond acceptors (Lipinski definition) is 4. The van der Waals surface area contributed by atoms with Crippen LogP contribution < -0.4 is 9.47 Å². The average Bonchev–Trinajstić information content (AvgIpc) is 3.12. The molecule has 0 N–H and O–H groups in total. The number of piperazine rings is 1. The highest BCUT2D eigenvalue weighted by molar-refractivity contribution is 5.96. The Morgan fingerprint density at radius 3 is 2.33 bits per heavy atom. The second kappa shape index (κ2) is 10.7. The molecule has 0 aromatic heterocycles. The maximum Gasteiger partial charge on any atom is 0.250 e. The number of methoxy groups -OCH3 is 1. The minimum atomic E-state index is -0.681. The van der Waals surface area contributed by atoms with Crippen LogP contribution in [0.25, 0.3) is 0 Å². The summed E-state index contributed by atoms with van der Waals surface area (Å²) in [5.41, 5.74) is 1.76. The van der Waals surface area contributed by atoms with Crippen LogP contribution in [0.3, 0.4) is 0 Å². The van der Waals surface area contributed by atoms with Crippen molar-refractivity contribution in [2.24, 2.45) is 0 Å². The quantitative estimate of drug-likeness (QED) is 0.573. The van der Waals surface area contributed by atoms with Gasteiger partial charge in [0, 0.05) is 12.6 Å². The molecule has 176 valence electrons. The number of carbonyl (C=O) groups excluding carboxylic acids is 2. The van der Waals surface area contributed by atoms with Crippen LogP contribution in [0.5, 0.6) is 11.5 Å². The Morgan fingerprint density at radius 1 is 0.939 bits per heavy atom. The first-order valence-corrected chi connectivity index (χ1v) is 12.1. The number of hydrogen-bond donors (Lipinski definition) is 0. The van der Waals surface area contributed by atoms with E-state index >= 15 is 0 Å². The van der Waals surface area contributed by atoms with Gasteiger partial charge in [-0.2, -0.15) is 0 Å². The van der Waals surface area contributed by atoms with Gasteiger partial charge in [0.1, 0.15) is 12.6 Å². The molecule has 33 heavy (non-hydrogen) atoms. The Labute approximate surface area is 196 Å². The summed E-state index contributed by atoms with van der Waals surface area (Å²) in [4.78, 5) is 31.0. The van der Waals surface area contributed by atoms with E-state index in [1.165, 1.54) is 12.8 Å². The monoisotopic (exact) mass is 450 g/mol. The molecule has 0 radical (unpaired) electrons. The first kappa shape index (κ1) is 23.1. The van der Waals surface area contributed by atoms with Crippen molar-refractivity contribution in [3.63, 3.8) is 0 Å². The fourth-order valence-corrected chi connectivity index (χ4v) is 5.04. The second-order valence-electron chi connectivity index (χ2n) is 8.86. The average molecular weight is 451 g/mol. The molecule has 0 unspecified atom stereocenters. The van der Waals surface area contributed by atoms with Gasteiger partial charge in [0.05, 0.1) is 13.7 Å². The molecule has 6 nitrogen and oxygen atoms in total. The van der Waals surface area contributed by atoms with Crippen LogP contribution in [0.4, 0.5) is 0 Å². The van der Waals surface area contributed by atoms with Gasteiger partial charge in [0.15, 0.2) is 11.5 Å². The third kappa shape index (κ3) is 5.15. The number of amides is 2. The van der Waals surface area contributed by atoms with Gasteiger partial charge in [-0.3, -0.25) is 9.59 Å². The lowest BCUT2D eigenvalue weighted by Gasteiger charge is -2.43. The Hall–Kier alpha value is -3.02. The highest BCUT2D eigenvalue weighted by Crippen LogP contribution is 2.37. The van der Waals surface area contributed by atoms with E-state index in [2.05, 4.69) is 0 Å². The molecular weight excluding hydrogens is 416 g/mol. The molecule has 1 heterocycles. The first-order valence-electron chi connectivity index (χ1n) is 12.1. The van der Waals surface area contributed by atoms with Gasteiger partial charge in [-0.25, -0.2) is 0 Å². The third-order valence-corrected chi connectivity index (χ3v) is 6.72. The molecule has 1 aliphatic carbocycles. The molecule has 6 heteroatoms. The predicted molar refractivity (Wildman–Crippen MR) is 127 cm³/mol. The Balaban J connectivity index is 1.71. The number of ether oxygens (including phenoxy) is 2. The van der Waals surface area contributed by atoms with Gasteiger partial charge >= 0.3 is 0 Å². The molecule has 0 bridgehead atoms. The van der Waals surface area contributed by atoms with Crippen LogP contribution in [0.15, 0.2) is 48.5 Å². The lowest BCUT2D eigenvalue weighted by Crippen LogP contribution is -2.57. The van der Waals surface area contributed by atoms with Gasteiger partial charge in [-0.1, -0.05) is 62.1 Å². The first-order chi connectivity index (χ1) is 16.1. The van der Waals surface area contributed by atoms with Crippen molar-refractivity contribution in [2.45, 2.75) is 64.1 Å². The van der Waals surface area contributed by atoms with Crippen molar-refractivity contribution in [2.75, 3.05) is 20.3 Å². The topological polar surface area (TPSA) is 59.1 Å². The molecule has 1 atom stereocenters. The Bertz CT molecular complexity index is 954. The van der Waals surface area contributed by atoms with Crippen LogP contribution in [-0.4, -0.2) is 47.9 Å². The zero-order chi connectivity index (χ0) is 23.2. The van der Waals surface area contributed by atoms with Crippen molar-refractivity contribution in [1.82, 2.24) is 9.80 Å². The van der Waals surface area contributed by atoms with E-state index in [-0.39, 0.29) is 24.4 Å². The molecule has 1 aliphatic heterocycles. The van der Waals surface area contributed by atoms with Gasteiger partial charge in [-0.15, -0.1) is 0 Å². The van der Waals surface area contributed by atoms with Crippen LogP contribution in [0, 0.1) is 0 Å². The van der Waals surface area contributed by atoms with Crippen molar-refractivity contribution in [1.29, 1.82) is 0 Å². The smallest absolute Gasteiger partial charge is 0.250 e. The zero-order valence-electron chi connectivity index (χ0n) is 19.7. The molecule has 2 aromatic carbocycles. The highest BCUT2D eigenvalue weighted by atomic mass is 16.5. The summed E-state index contributed by atoms with van der Waals surface area (Å²) in [5.74, 6) is 1.19. The zero-order valence-corrected chi connectivity index (χ0v) is 19.7. The maximum atomic E-state index is 14.0. The number of carbonyl (C=O) groups is 2. The number of rotatable bonds is 7. The number of benzene rings is 2. The SMILES string of the molecule is CCOc1ccc([C@@H]2C(=O)N(C3CCCCCC3)CC(=O)N2Cc2ccccc2)cc1OC. The standard InChI is InChI=1S/C27H34N2O4/c1-3-33-23-16-15-21(17-24(23)32-2)26-27(31)28(22-13-9-4-5-10-14-22)19-25(30)29(26)18-20-11-7-6-8-12-20/h6-8,11-12,15-17,22,26H,3-5,9-10,13-14,18-19H2,1-2H3/t26-/m1/s1. The van der Waals surface area contributed by atoms with E-state index < -0.39 is 6.04 Å². The van der Waals surface area contributed by atoms with E-state index in [1.54, 1.807) is 12.0 Å². The second-order valence-corrected chi connectivity index (χ2v) is 8.86. The summed E-state index contributed by atoms with van der Waals surface area (Å²) in [6.45, 7) is 2.99. The van der Waals surface area contributed by atoms with E-state index in [0.29, 0.717) is 24.7 Å². The van der Waals surface area contributed by atoms with Crippen molar-refractivity contribution >= 4 is 11.8 Å². The molecule has 2 aromatic rings. The molecule has 4 rings (SSSR count). The summed E-state index contributed by atoms with van der Waals surface area (Å²) in [5, 5.41) is 0. The molecule has 2 amide bonds. The van der Waals surface area contributed by atoms with Crippen LogP contribution in [0.2, 0.25) is 0 Å². The normalized spacial score (nSPS) is 20.0. The molecule has 0 spiro atoms. The summed E-state index contributed by atoms with van der Waals surface area (Å²) < 4.78 is 11.2. The third-order valence-electron chi connectivity index (χ3n) is 6.72. The molecular formula is C27H34N2O4. The fraction of sp³-hybridized carbons (Fsp3) is 0.481. The van der Waals surface area contributed by atoms with E-state index in [9.17, 15) is 9.59 Å². The number of nitrogens with zero attached hydrogens (tertiary/aromatic N) is 2. The van der Waals surface area contributed by atoms with Gasteiger partial charge in [0.2, 0.25) is 5.91 Å². The maximum absolute atomic E-state index is 14.0. The summed E-state index contributed by atoms with van der Waals surface area (Å²) in [6.07, 6.45) is 6.56. The molecule has 1 saturated carbocycles. The van der Waals surface area contributed by atoms with Crippen LogP contribution >= 0.6 is 0 Å². The Kier molecular flexibility index (Phi) is 7.53.